The Bertz CT molecular complexity index is 2160. The highest BCUT2D eigenvalue weighted by molar-refractivity contribution is 6.30. The van der Waals surface area contributed by atoms with Crippen molar-refractivity contribution in [1.29, 1.82) is 0 Å². The normalized spacial score (nSPS) is 10.8. The predicted molar refractivity (Wildman–Crippen MR) is 211 cm³/mol. The smallest absolute Gasteiger partial charge is 0.330 e. The Labute approximate surface area is 319 Å². The van der Waals surface area contributed by atoms with E-state index in [-0.39, 0.29) is 19.4 Å². The van der Waals surface area contributed by atoms with Gasteiger partial charge in [0.25, 0.3) is 0 Å². The first-order valence-electron chi connectivity index (χ1n) is 16.8. The van der Waals surface area contributed by atoms with Crippen molar-refractivity contribution in [2.45, 2.75) is 47.2 Å². The van der Waals surface area contributed by atoms with Crippen LogP contribution in [0.4, 0.5) is 0 Å². The number of aryl methyl sites for hydroxylation is 1. The highest BCUT2D eigenvalue weighted by Crippen LogP contribution is 2.26. The molecule has 0 aliphatic rings. The number of esters is 2. The summed E-state index contributed by atoms with van der Waals surface area (Å²) in [6, 6.07) is 23.3. The second kappa shape index (κ2) is 19.5. The third-order valence-electron chi connectivity index (χ3n) is 8.08. The van der Waals surface area contributed by atoms with Gasteiger partial charge < -0.3 is 28.1 Å². The number of ether oxygens (including phenoxy) is 4. The largest absolute Gasteiger partial charge is 0.495 e. The van der Waals surface area contributed by atoms with E-state index in [1.165, 1.54) is 6.08 Å². The number of nitrogens with zero attached hydrogens (tertiary/aromatic N) is 4. The molecule has 0 saturated carbocycles. The monoisotopic (exact) mass is 758 g/mol. The Morgan fingerprint density at radius 3 is 1.75 bits per heavy atom. The van der Waals surface area contributed by atoms with E-state index in [0.29, 0.717) is 60.7 Å². The van der Waals surface area contributed by atoms with E-state index in [4.69, 9.17) is 42.1 Å². The van der Waals surface area contributed by atoms with Gasteiger partial charge in [0.2, 0.25) is 0 Å². The van der Waals surface area contributed by atoms with Gasteiger partial charge >= 0.3 is 11.9 Å². The van der Waals surface area contributed by atoms with E-state index in [1.54, 1.807) is 39.6 Å². The van der Waals surface area contributed by atoms with Crippen molar-refractivity contribution >= 4 is 63.3 Å². The first-order valence-corrected chi connectivity index (χ1v) is 17.5. The van der Waals surface area contributed by atoms with Crippen molar-refractivity contribution < 1.29 is 28.5 Å². The van der Waals surface area contributed by atoms with Crippen LogP contribution in [0.3, 0.4) is 0 Å². The van der Waals surface area contributed by atoms with Gasteiger partial charge in [-0.1, -0.05) is 54.9 Å². The lowest BCUT2D eigenvalue weighted by Crippen LogP contribution is -2.09. The van der Waals surface area contributed by atoms with Gasteiger partial charge in [-0.15, -0.1) is 0 Å². The van der Waals surface area contributed by atoms with Crippen LogP contribution in [0.5, 0.6) is 11.5 Å². The first-order chi connectivity index (χ1) is 25.2. The molecule has 12 heteroatoms. The SMILES string of the molecule is C.CCOC(=O)/C=C/c1cc2cc(OC)cnc2n1Cc1ccc(Cl)cc1.CCOC(=O)CCc1cc2cc(OC)cnc2n1Cc1ccc(Cl)cc1. The fourth-order valence-electron chi connectivity index (χ4n) is 5.59. The maximum Gasteiger partial charge on any atom is 0.330 e. The van der Waals surface area contributed by atoms with E-state index in [0.717, 1.165) is 44.6 Å². The van der Waals surface area contributed by atoms with Crippen LogP contribution < -0.4 is 9.47 Å². The van der Waals surface area contributed by atoms with Crippen LogP contribution in [-0.4, -0.2) is 58.5 Å². The average molecular weight is 760 g/mol. The number of carbonyl (C=O) groups excluding carboxylic acids is 2. The lowest BCUT2D eigenvalue weighted by Gasteiger charge is -2.11. The molecule has 278 valence electrons. The average Bonchev–Trinajstić information content (AvgIpc) is 3.68. The minimum Gasteiger partial charge on any atom is -0.495 e. The van der Waals surface area contributed by atoms with E-state index >= 15 is 0 Å². The van der Waals surface area contributed by atoms with Crippen molar-refractivity contribution in [2.75, 3.05) is 27.4 Å². The summed E-state index contributed by atoms with van der Waals surface area (Å²) in [5.74, 6) is 0.822. The summed E-state index contributed by atoms with van der Waals surface area (Å²) in [7, 11) is 3.23. The van der Waals surface area contributed by atoms with Crippen LogP contribution in [-0.2, 0) is 38.6 Å². The Morgan fingerprint density at radius 2 is 1.23 bits per heavy atom. The Kier molecular flexibility index (Phi) is 14.9. The molecule has 6 aromatic rings. The standard InChI is InChI=1S/C20H21ClN2O3.C20H19ClN2O3.CH4/c2*1-3-26-19(24)9-8-17-10-15-11-18(25-2)12-22-20(15)23(17)13-14-4-6-16(21)7-5-14;/h4-7,10-12H,3,8-9,13H2,1-2H3;4-12H,3,13H2,1-2H3;1H4/b;9-8+;. The minimum absolute atomic E-state index is 0. The van der Waals surface area contributed by atoms with E-state index < -0.39 is 0 Å². The van der Waals surface area contributed by atoms with Crippen LogP contribution in [0.15, 0.2) is 91.3 Å². The quantitative estimate of drug-likeness (QED) is 0.0848. The van der Waals surface area contributed by atoms with Crippen molar-refractivity contribution in [3.05, 3.63) is 124 Å². The molecule has 0 spiro atoms. The molecular formula is C41H44Cl2N4O6. The molecule has 4 heterocycles. The lowest BCUT2D eigenvalue weighted by atomic mass is 10.2. The van der Waals surface area contributed by atoms with Gasteiger partial charge in [-0.3, -0.25) is 4.79 Å². The van der Waals surface area contributed by atoms with E-state index in [9.17, 15) is 9.59 Å². The fraction of sp³-hybridized carbons (Fsp3) is 0.268. The van der Waals surface area contributed by atoms with Gasteiger partial charge in [0.05, 0.1) is 46.2 Å². The molecule has 0 unspecified atom stereocenters. The minimum atomic E-state index is -0.374. The molecule has 6 rings (SSSR count). The Balaban J connectivity index is 0.000000232. The summed E-state index contributed by atoms with van der Waals surface area (Å²) in [5.41, 5.74) is 5.74. The maximum atomic E-state index is 11.8. The fourth-order valence-corrected chi connectivity index (χ4v) is 5.84. The predicted octanol–water partition coefficient (Wildman–Crippen LogP) is 9.20. The lowest BCUT2D eigenvalue weighted by molar-refractivity contribution is -0.143. The van der Waals surface area contributed by atoms with Crippen LogP contribution >= 0.6 is 23.2 Å². The number of benzene rings is 2. The summed E-state index contributed by atoms with van der Waals surface area (Å²) in [5, 5.41) is 3.31. The highest BCUT2D eigenvalue weighted by Gasteiger charge is 2.14. The zero-order chi connectivity index (χ0) is 37.0. The van der Waals surface area contributed by atoms with Gasteiger partial charge in [-0.2, -0.15) is 0 Å². The molecule has 0 aliphatic carbocycles. The number of hydrogen-bond donors (Lipinski definition) is 0. The molecule has 0 radical (unpaired) electrons. The molecule has 0 aliphatic heterocycles. The topological polar surface area (TPSA) is 107 Å². The molecule has 4 aromatic heterocycles. The molecule has 10 nitrogen and oxygen atoms in total. The second-order valence-electron chi connectivity index (χ2n) is 11.6. The number of aromatic nitrogens is 4. The molecule has 2 aromatic carbocycles. The van der Waals surface area contributed by atoms with Crippen molar-refractivity contribution in [1.82, 2.24) is 19.1 Å². The summed E-state index contributed by atoms with van der Waals surface area (Å²) < 4.78 is 24.7. The van der Waals surface area contributed by atoms with Gasteiger partial charge in [0.1, 0.15) is 22.8 Å². The van der Waals surface area contributed by atoms with E-state index in [1.807, 2.05) is 78.2 Å². The van der Waals surface area contributed by atoms with Gasteiger partial charge in [0, 0.05) is 51.4 Å². The summed E-state index contributed by atoms with van der Waals surface area (Å²) in [6.07, 6.45) is 7.47. The number of carbonyl (C=O) groups is 2. The number of halogens is 2. The van der Waals surface area contributed by atoms with Gasteiger partial charge in [-0.05, 0) is 86.0 Å². The Hall–Kier alpha value is -5.32. The molecule has 0 amide bonds. The zero-order valence-electron chi connectivity index (χ0n) is 29.5. The number of hydrogen-bond acceptors (Lipinski definition) is 8. The van der Waals surface area contributed by atoms with Crippen LogP contribution in [0.1, 0.15) is 50.2 Å². The first kappa shape index (κ1) is 40.5. The van der Waals surface area contributed by atoms with E-state index in [2.05, 4.69) is 20.6 Å². The summed E-state index contributed by atoms with van der Waals surface area (Å²) in [4.78, 5) is 32.5. The number of rotatable bonds is 13. The number of fused-ring (bicyclic) bond motifs is 2. The molecule has 0 atom stereocenters. The van der Waals surface area contributed by atoms with Crippen molar-refractivity contribution in [3.8, 4) is 11.5 Å². The molecular weight excluding hydrogens is 715 g/mol. The Morgan fingerprint density at radius 1 is 0.717 bits per heavy atom. The van der Waals surface area contributed by atoms with Crippen molar-refractivity contribution in [2.24, 2.45) is 0 Å². The molecule has 0 fully saturated rings. The van der Waals surface area contributed by atoms with Gasteiger partial charge in [0.15, 0.2) is 0 Å². The third kappa shape index (κ3) is 10.8. The number of pyridine rings is 2. The third-order valence-corrected chi connectivity index (χ3v) is 8.59. The molecule has 0 bridgehead atoms. The maximum absolute atomic E-state index is 11.8. The van der Waals surface area contributed by atoms with Gasteiger partial charge in [-0.25, -0.2) is 14.8 Å². The van der Waals surface area contributed by atoms with Crippen LogP contribution in [0.2, 0.25) is 10.0 Å². The van der Waals surface area contributed by atoms with Crippen LogP contribution in [0.25, 0.3) is 28.1 Å². The van der Waals surface area contributed by atoms with Crippen molar-refractivity contribution in [3.63, 3.8) is 0 Å². The highest BCUT2D eigenvalue weighted by atomic mass is 35.5. The number of methoxy groups -OCH3 is 2. The zero-order valence-corrected chi connectivity index (χ0v) is 31.0. The molecule has 53 heavy (non-hydrogen) atoms. The molecule has 0 saturated heterocycles. The van der Waals surface area contributed by atoms with Crippen LogP contribution in [0, 0.1) is 0 Å². The second-order valence-corrected chi connectivity index (χ2v) is 12.5. The summed E-state index contributed by atoms with van der Waals surface area (Å²) >= 11 is 12.0. The summed E-state index contributed by atoms with van der Waals surface area (Å²) in [6.45, 7) is 5.58. The molecule has 0 N–H and O–H groups in total.